The molecule has 100 valence electrons. The standard InChI is InChI=1S/C11H23N3O2S/c1-17-7-5-10(13)11(16)14-9(8-15)4-2-3-6-12/h8-10H,2-7,12-13H2,1H3,(H,14,16)/t9-,10-/m0/s1. The van der Waals surface area contributed by atoms with Crippen molar-refractivity contribution < 1.29 is 9.59 Å². The van der Waals surface area contributed by atoms with Gasteiger partial charge >= 0.3 is 0 Å². The molecule has 0 aromatic heterocycles. The zero-order valence-electron chi connectivity index (χ0n) is 10.4. The average Bonchev–Trinajstić information content (AvgIpc) is 2.34. The van der Waals surface area contributed by atoms with Crippen molar-refractivity contribution in [1.82, 2.24) is 5.32 Å². The first-order valence-electron chi connectivity index (χ1n) is 5.86. The Kier molecular flexibility index (Phi) is 10.2. The number of thioether (sulfide) groups is 1. The largest absolute Gasteiger partial charge is 0.345 e. The van der Waals surface area contributed by atoms with Crippen molar-refractivity contribution in [2.45, 2.75) is 37.8 Å². The van der Waals surface area contributed by atoms with Gasteiger partial charge in [-0.1, -0.05) is 0 Å². The smallest absolute Gasteiger partial charge is 0.237 e. The van der Waals surface area contributed by atoms with E-state index in [0.29, 0.717) is 19.4 Å². The number of aldehydes is 1. The van der Waals surface area contributed by atoms with Gasteiger partial charge in [-0.2, -0.15) is 11.8 Å². The summed E-state index contributed by atoms with van der Waals surface area (Å²) in [6.45, 7) is 0.604. The molecule has 5 N–H and O–H groups in total. The van der Waals surface area contributed by atoms with E-state index in [2.05, 4.69) is 5.32 Å². The molecule has 0 aliphatic carbocycles. The number of hydrogen-bond donors (Lipinski definition) is 3. The lowest BCUT2D eigenvalue weighted by Crippen LogP contribution is -2.46. The molecule has 6 heteroatoms. The summed E-state index contributed by atoms with van der Waals surface area (Å²) < 4.78 is 0. The number of carbonyl (C=O) groups excluding carboxylic acids is 2. The monoisotopic (exact) mass is 261 g/mol. The van der Waals surface area contributed by atoms with E-state index in [9.17, 15) is 9.59 Å². The molecule has 0 heterocycles. The maximum atomic E-state index is 11.6. The van der Waals surface area contributed by atoms with E-state index in [1.807, 2.05) is 6.26 Å². The van der Waals surface area contributed by atoms with Gasteiger partial charge in [0.05, 0.1) is 12.1 Å². The van der Waals surface area contributed by atoms with Crippen molar-refractivity contribution in [3.63, 3.8) is 0 Å². The van der Waals surface area contributed by atoms with Crippen LogP contribution in [-0.2, 0) is 9.59 Å². The van der Waals surface area contributed by atoms with Crippen LogP contribution in [0.5, 0.6) is 0 Å². The predicted octanol–water partition coefficient (Wildman–Crippen LogP) is -0.120. The first kappa shape index (κ1) is 16.4. The van der Waals surface area contributed by atoms with Crippen molar-refractivity contribution in [3.8, 4) is 0 Å². The molecule has 0 unspecified atom stereocenters. The SMILES string of the molecule is CSCC[C@H](N)C(=O)N[C@H](C=O)CCCCN. The van der Waals surface area contributed by atoms with Crippen molar-refractivity contribution in [2.24, 2.45) is 11.5 Å². The van der Waals surface area contributed by atoms with E-state index in [-0.39, 0.29) is 5.91 Å². The van der Waals surface area contributed by atoms with Gasteiger partial charge in [0.1, 0.15) is 6.29 Å². The first-order chi connectivity index (χ1) is 8.15. The van der Waals surface area contributed by atoms with Crippen LogP contribution in [0.25, 0.3) is 0 Å². The van der Waals surface area contributed by atoms with E-state index in [0.717, 1.165) is 24.9 Å². The maximum Gasteiger partial charge on any atom is 0.237 e. The second-order valence-corrected chi connectivity index (χ2v) is 4.91. The average molecular weight is 261 g/mol. The quantitative estimate of drug-likeness (QED) is 0.376. The number of carbonyl (C=O) groups is 2. The van der Waals surface area contributed by atoms with Crippen LogP contribution in [0.3, 0.4) is 0 Å². The zero-order chi connectivity index (χ0) is 13.1. The first-order valence-corrected chi connectivity index (χ1v) is 7.25. The van der Waals surface area contributed by atoms with Crippen LogP contribution in [0.4, 0.5) is 0 Å². The summed E-state index contributed by atoms with van der Waals surface area (Å²) in [7, 11) is 0. The lowest BCUT2D eigenvalue weighted by molar-refractivity contribution is -0.125. The van der Waals surface area contributed by atoms with E-state index in [4.69, 9.17) is 11.5 Å². The molecule has 0 aliphatic rings. The fourth-order valence-corrected chi connectivity index (χ4v) is 1.84. The van der Waals surface area contributed by atoms with Crippen molar-refractivity contribution in [2.75, 3.05) is 18.6 Å². The highest BCUT2D eigenvalue weighted by molar-refractivity contribution is 7.98. The molecule has 5 nitrogen and oxygen atoms in total. The molecule has 0 aromatic rings. The molecule has 0 aliphatic heterocycles. The van der Waals surface area contributed by atoms with Crippen LogP contribution >= 0.6 is 11.8 Å². The minimum Gasteiger partial charge on any atom is -0.345 e. The van der Waals surface area contributed by atoms with E-state index in [1.165, 1.54) is 0 Å². The third-order valence-electron chi connectivity index (χ3n) is 2.43. The molecule has 0 fully saturated rings. The lowest BCUT2D eigenvalue weighted by atomic mass is 10.1. The van der Waals surface area contributed by atoms with Crippen LogP contribution in [0.2, 0.25) is 0 Å². The Balaban J connectivity index is 3.91. The van der Waals surface area contributed by atoms with Gasteiger partial charge in [0.2, 0.25) is 5.91 Å². The van der Waals surface area contributed by atoms with Gasteiger partial charge in [-0.05, 0) is 44.2 Å². The maximum absolute atomic E-state index is 11.6. The van der Waals surface area contributed by atoms with E-state index in [1.54, 1.807) is 11.8 Å². The molecule has 0 saturated carbocycles. The second-order valence-electron chi connectivity index (χ2n) is 3.92. The fraction of sp³-hybridized carbons (Fsp3) is 0.818. The number of nitrogens with two attached hydrogens (primary N) is 2. The summed E-state index contributed by atoms with van der Waals surface area (Å²) in [5.41, 5.74) is 11.1. The fourth-order valence-electron chi connectivity index (χ4n) is 1.35. The minimum absolute atomic E-state index is 0.246. The van der Waals surface area contributed by atoms with Crippen LogP contribution in [-0.4, -0.2) is 42.8 Å². The molecule has 0 radical (unpaired) electrons. The van der Waals surface area contributed by atoms with Gasteiger partial charge in [-0.15, -0.1) is 0 Å². The number of unbranched alkanes of at least 4 members (excludes halogenated alkanes) is 1. The van der Waals surface area contributed by atoms with Gasteiger partial charge in [0.25, 0.3) is 0 Å². The highest BCUT2D eigenvalue weighted by Crippen LogP contribution is 2.01. The Morgan fingerprint density at radius 3 is 2.65 bits per heavy atom. The molecule has 0 bridgehead atoms. The zero-order valence-corrected chi connectivity index (χ0v) is 11.2. The normalized spacial score (nSPS) is 14.1. The number of nitrogens with one attached hydrogen (secondary N) is 1. The van der Waals surface area contributed by atoms with Crippen molar-refractivity contribution in [1.29, 1.82) is 0 Å². The molecule has 0 spiro atoms. The predicted molar refractivity (Wildman–Crippen MR) is 71.9 cm³/mol. The molecule has 17 heavy (non-hydrogen) atoms. The Hall–Kier alpha value is -0.590. The molecule has 0 aromatic carbocycles. The van der Waals surface area contributed by atoms with Gasteiger partial charge in [0, 0.05) is 0 Å². The van der Waals surface area contributed by atoms with E-state index >= 15 is 0 Å². The summed E-state index contributed by atoms with van der Waals surface area (Å²) in [5, 5.41) is 2.65. The third-order valence-corrected chi connectivity index (χ3v) is 3.07. The van der Waals surface area contributed by atoms with E-state index < -0.39 is 12.1 Å². The van der Waals surface area contributed by atoms with Crippen molar-refractivity contribution in [3.05, 3.63) is 0 Å². The van der Waals surface area contributed by atoms with Crippen LogP contribution in [0, 0.1) is 0 Å². The van der Waals surface area contributed by atoms with Crippen molar-refractivity contribution >= 4 is 24.0 Å². The van der Waals surface area contributed by atoms with Crippen LogP contribution in [0.1, 0.15) is 25.7 Å². The number of amides is 1. The summed E-state index contributed by atoms with van der Waals surface area (Å²) in [6.07, 6.45) is 5.67. The van der Waals surface area contributed by atoms with Gasteiger partial charge in [-0.3, -0.25) is 4.79 Å². The topological polar surface area (TPSA) is 98.2 Å². The molecular formula is C11H23N3O2S. The molecule has 1 amide bonds. The Morgan fingerprint density at radius 2 is 2.12 bits per heavy atom. The van der Waals surface area contributed by atoms with Crippen LogP contribution < -0.4 is 16.8 Å². The molecule has 0 rings (SSSR count). The Labute approximate surface area is 107 Å². The number of rotatable bonds is 10. The molecule has 0 saturated heterocycles. The lowest BCUT2D eigenvalue weighted by Gasteiger charge is -2.16. The highest BCUT2D eigenvalue weighted by atomic mass is 32.2. The summed E-state index contributed by atoms with van der Waals surface area (Å²) in [6, 6.07) is -0.964. The number of hydrogen-bond acceptors (Lipinski definition) is 5. The van der Waals surface area contributed by atoms with Gasteiger partial charge in [0.15, 0.2) is 0 Å². The van der Waals surface area contributed by atoms with Crippen LogP contribution in [0.15, 0.2) is 0 Å². The molecule has 2 atom stereocenters. The Bertz CT molecular complexity index is 227. The minimum atomic E-state index is -0.528. The summed E-state index contributed by atoms with van der Waals surface area (Å²) in [4.78, 5) is 22.4. The van der Waals surface area contributed by atoms with Gasteiger partial charge < -0.3 is 21.6 Å². The molecular weight excluding hydrogens is 238 g/mol. The summed E-state index contributed by atoms with van der Waals surface area (Å²) >= 11 is 1.65. The third kappa shape index (κ3) is 8.18. The second kappa shape index (κ2) is 10.6. The highest BCUT2D eigenvalue weighted by Gasteiger charge is 2.16. The van der Waals surface area contributed by atoms with Gasteiger partial charge in [-0.25, -0.2) is 0 Å². The summed E-state index contributed by atoms with van der Waals surface area (Å²) in [5.74, 6) is 0.594. The Morgan fingerprint density at radius 1 is 1.41 bits per heavy atom.